The van der Waals surface area contributed by atoms with Crippen molar-refractivity contribution in [3.8, 4) is 0 Å². The largest absolute Gasteiger partial charge is 0.380 e. The lowest BCUT2D eigenvalue weighted by Crippen LogP contribution is -2.57. The highest BCUT2D eigenvalue weighted by Gasteiger charge is 2.44. The Kier molecular flexibility index (Phi) is 2.20. The van der Waals surface area contributed by atoms with Crippen LogP contribution in [0.4, 0.5) is 5.69 Å². The summed E-state index contributed by atoms with van der Waals surface area (Å²) in [6, 6.07) is 6.67. The van der Waals surface area contributed by atoms with Gasteiger partial charge in [0, 0.05) is 22.2 Å². The molecule has 1 saturated heterocycles. The Bertz CT molecular complexity index is 428. The fourth-order valence-electron chi connectivity index (χ4n) is 3.08. The van der Waals surface area contributed by atoms with Crippen molar-refractivity contribution in [3.63, 3.8) is 0 Å². The second-order valence-corrected chi connectivity index (χ2v) is 5.83. The number of fused-ring (bicyclic) bond motifs is 3. The van der Waals surface area contributed by atoms with E-state index in [9.17, 15) is 0 Å². The maximum atomic E-state index is 6.08. The highest BCUT2D eigenvalue weighted by molar-refractivity contribution is 6.30. The Hall–Kier alpha value is -0.730. The van der Waals surface area contributed by atoms with Crippen molar-refractivity contribution in [1.29, 1.82) is 0 Å². The molecule has 1 aromatic rings. The molecule has 3 heteroatoms. The highest BCUT2D eigenvalue weighted by atomic mass is 35.5. The third-order valence-electron chi connectivity index (χ3n) is 3.94. The molecule has 2 N–H and O–H groups in total. The Morgan fingerprint density at radius 3 is 3.00 bits per heavy atom. The van der Waals surface area contributed by atoms with Crippen molar-refractivity contribution in [2.24, 2.45) is 0 Å². The molecule has 16 heavy (non-hydrogen) atoms. The minimum atomic E-state index is 0.147. The quantitative estimate of drug-likeness (QED) is 0.724. The van der Waals surface area contributed by atoms with E-state index in [4.69, 9.17) is 11.6 Å². The van der Waals surface area contributed by atoms with E-state index in [0.717, 1.165) is 11.6 Å². The van der Waals surface area contributed by atoms with Gasteiger partial charge in [-0.3, -0.25) is 0 Å². The molecule has 2 heterocycles. The van der Waals surface area contributed by atoms with Crippen molar-refractivity contribution < 1.29 is 0 Å². The summed E-state index contributed by atoms with van der Waals surface area (Å²) in [5.74, 6) is 0.602. The number of rotatable bonds is 0. The van der Waals surface area contributed by atoms with Crippen LogP contribution >= 0.6 is 11.6 Å². The number of benzene rings is 1. The van der Waals surface area contributed by atoms with Gasteiger partial charge in [-0.05, 0) is 50.6 Å². The van der Waals surface area contributed by atoms with Crippen molar-refractivity contribution in [1.82, 2.24) is 5.32 Å². The summed E-state index contributed by atoms with van der Waals surface area (Å²) < 4.78 is 0. The predicted octanol–water partition coefficient (Wildman–Crippen LogP) is 2.99. The van der Waals surface area contributed by atoms with Gasteiger partial charge in [0.25, 0.3) is 0 Å². The van der Waals surface area contributed by atoms with Crippen LogP contribution in [0.2, 0.25) is 5.02 Å². The first-order chi connectivity index (χ1) is 7.58. The van der Waals surface area contributed by atoms with Crippen LogP contribution < -0.4 is 10.6 Å². The van der Waals surface area contributed by atoms with Crippen molar-refractivity contribution >= 4 is 17.3 Å². The van der Waals surface area contributed by atoms with Gasteiger partial charge < -0.3 is 10.6 Å². The molecule has 0 radical (unpaired) electrons. The van der Waals surface area contributed by atoms with Gasteiger partial charge in [0.2, 0.25) is 0 Å². The van der Waals surface area contributed by atoms with E-state index in [-0.39, 0.29) is 5.54 Å². The second kappa shape index (κ2) is 3.38. The van der Waals surface area contributed by atoms with Gasteiger partial charge in [0.15, 0.2) is 0 Å². The fraction of sp³-hybridized carbons (Fsp3) is 0.538. The third kappa shape index (κ3) is 1.44. The summed E-state index contributed by atoms with van der Waals surface area (Å²) in [6.45, 7) is 5.62. The maximum absolute atomic E-state index is 6.08. The third-order valence-corrected chi connectivity index (χ3v) is 4.18. The molecule has 2 nitrogen and oxygen atoms in total. The summed E-state index contributed by atoms with van der Waals surface area (Å²) >= 11 is 6.08. The predicted molar refractivity (Wildman–Crippen MR) is 68.3 cm³/mol. The molecule has 2 atom stereocenters. The van der Waals surface area contributed by atoms with Crippen LogP contribution in [0.25, 0.3) is 0 Å². The van der Waals surface area contributed by atoms with Gasteiger partial charge in [-0.1, -0.05) is 11.6 Å². The number of piperidine rings is 1. The molecule has 2 aliphatic heterocycles. The van der Waals surface area contributed by atoms with Gasteiger partial charge in [-0.15, -0.1) is 0 Å². The summed E-state index contributed by atoms with van der Waals surface area (Å²) in [7, 11) is 0. The molecule has 0 aliphatic carbocycles. The van der Waals surface area contributed by atoms with E-state index in [2.05, 4.69) is 36.6 Å². The molecular formula is C13H17ClN2. The number of hydrogen-bond donors (Lipinski definition) is 2. The van der Waals surface area contributed by atoms with Crippen molar-refractivity contribution in [2.45, 2.75) is 37.8 Å². The number of hydrogen-bond acceptors (Lipinski definition) is 2. The zero-order chi connectivity index (χ0) is 11.3. The molecule has 1 fully saturated rings. The molecule has 3 rings (SSSR count). The Morgan fingerprint density at radius 1 is 1.38 bits per heavy atom. The van der Waals surface area contributed by atoms with Crippen LogP contribution in [0.1, 0.15) is 31.7 Å². The lowest BCUT2D eigenvalue weighted by molar-refractivity contribution is 0.256. The van der Waals surface area contributed by atoms with Crippen LogP contribution in [-0.2, 0) is 0 Å². The minimum Gasteiger partial charge on any atom is -0.380 e. The van der Waals surface area contributed by atoms with Crippen LogP contribution in [0.15, 0.2) is 18.2 Å². The molecule has 2 aliphatic rings. The summed E-state index contributed by atoms with van der Waals surface area (Å²) in [4.78, 5) is 0. The molecule has 0 spiro atoms. The van der Waals surface area contributed by atoms with E-state index in [1.807, 2.05) is 6.07 Å². The highest BCUT2D eigenvalue weighted by Crippen LogP contribution is 2.44. The first kappa shape index (κ1) is 10.4. The minimum absolute atomic E-state index is 0.147. The summed E-state index contributed by atoms with van der Waals surface area (Å²) in [5.41, 5.74) is 2.80. The van der Waals surface area contributed by atoms with E-state index in [1.165, 1.54) is 17.7 Å². The first-order valence-electron chi connectivity index (χ1n) is 5.89. The van der Waals surface area contributed by atoms with E-state index >= 15 is 0 Å². The van der Waals surface area contributed by atoms with Crippen LogP contribution in [0.3, 0.4) is 0 Å². The molecule has 1 aromatic carbocycles. The summed E-state index contributed by atoms with van der Waals surface area (Å²) in [6.07, 6.45) is 1.19. The molecule has 2 unspecified atom stereocenters. The number of halogens is 1. The van der Waals surface area contributed by atoms with Crippen LogP contribution in [0.5, 0.6) is 0 Å². The molecule has 0 amide bonds. The average Bonchev–Trinajstić information content (AvgIpc) is 2.58. The van der Waals surface area contributed by atoms with E-state index < -0.39 is 0 Å². The molecule has 0 aromatic heterocycles. The van der Waals surface area contributed by atoms with Crippen molar-refractivity contribution in [3.05, 3.63) is 28.8 Å². The normalized spacial score (nSPS) is 30.4. The standard InChI is InChI=1S/C13H17ClN2/c1-13(2)12-9(5-6-15-13)10-7-8(14)3-4-11(10)16-12/h3-4,7,9,12,15-16H,5-6H2,1-2H3. The second-order valence-electron chi connectivity index (χ2n) is 5.40. The number of nitrogens with one attached hydrogen (secondary N) is 2. The van der Waals surface area contributed by atoms with Crippen LogP contribution in [0, 0.1) is 0 Å². The average molecular weight is 237 g/mol. The maximum Gasteiger partial charge on any atom is 0.0507 e. The molecule has 86 valence electrons. The molecule has 0 bridgehead atoms. The fourth-order valence-corrected chi connectivity index (χ4v) is 3.27. The zero-order valence-corrected chi connectivity index (χ0v) is 10.4. The van der Waals surface area contributed by atoms with Gasteiger partial charge >= 0.3 is 0 Å². The first-order valence-corrected chi connectivity index (χ1v) is 6.27. The lowest BCUT2D eigenvalue weighted by atomic mass is 9.78. The van der Waals surface area contributed by atoms with E-state index in [0.29, 0.717) is 12.0 Å². The zero-order valence-electron chi connectivity index (χ0n) is 9.68. The molecular weight excluding hydrogens is 220 g/mol. The lowest BCUT2D eigenvalue weighted by Gasteiger charge is -2.41. The van der Waals surface area contributed by atoms with E-state index in [1.54, 1.807) is 0 Å². The van der Waals surface area contributed by atoms with Crippen LogP contribution in [-0.4, -0.2) is 18.1 Å². The SMILES string of the molecule is CC1(C)NCCC2c3cc(Cl)ccc3NC21. The monoisotopic (exact) mass is 236 g/mol. The topological polar surface area (TPSA) is 24.1 Å². The summed E-state index contributed by atoms with van der Waals surface area (Å²) in [5, 5.41) is 8.06. The molecule has 0 saturated carbocycles. The Balaban J connectivity index is 2.03. The van der Waals surface area contributed by atoms with Gasteiger partial charge in [-0.2, -0.15) is 0 Å². The van der Waals surface area contributed by atoms with Gasteiger partial charge in [-0.25, -0.2) is 0 Å². The Morgan fingerprint density at radius 2 is 2.19 bits per heavy atom. The van der Waals surface area contributed by atoms with Gasteiger partial charge in [0.1, 0.15) is 0 Å². The van der Waals surface area contributed by atoms with Crippen molar-refractivity contribution in [2.75, 3.05) is 11.9 Å². The van der Waals surface area contributed by atoms with Gasteiger partial charge in [0.05, 0.1) is 6.04 Å². The smallest absolute Gasteiger partial charge is 0.0507 e. The Labute approximate surface area is 101 Å². The number of anilines is 1.